The maximum atomic E-state index is 10.6. The first-order valence-electron chi connectivity index (χ1n) is 3.11. The molecule has 1 saturated heterocycles. The van der Waals surface area contributed by atoms with Gasteiger partial charge in [0.2, 0.25) is 0 Å². The molecule has 0 unspecified atom stereocenters. The van der Waals surface area contributed by atoms with Crippen LogP contribution in [0.15, 0.2) is 0 Å². The largest absolute Gasteiger partial charge is 0.380 e. The van der Waals surface area contributed by atoms with Crippen molar-refractivity contribution in [1.29, 1.82) is 0 Å². The molecule has 0 atom stereocenters. The van der Waals surface area contributed by atoms with E-state index in [0.29, 0.717) is 6.61 Å². The van der Waals surface area contributed by atoms with E-state index in [1.165, 1.54) is 0 Å². The van der Waals surface area contributed by atoms with E-state index in [0.717, 1.165) is 25.9 Å². The molecule has 0 saturated carbocycles. The fraction of sp³-hybridized carbons (Fsp3) is 0.667. The van der Waals surface area contributed by atoms with Crippen LogP contribution < -0.4 is 0 Å². The van der Waals surface area contributed by atoms with Crippen LogP contribution >= 0.6 is 0 Å². The molecular formula is C6H10NO2. The van der Waals surface area contributed by atoms with Crippen LogP contribution in [0.1, 0.15) is 12.8 Å². The fourth-order valence-electron chi connectivity index (χ4n) is 1.02. The van der Waals surface area contributed by atoms with Crippen LogP contribution in [0.25, 0.3) is 0 Å². The van der Waals surface area contributed by atoms with Gasteiger partial charge in [-0.1, -0.05) is 0 Å². The van der Waals surface area contributed by atoms with Crippen LogP contribution in [0.2, 0.25) is 0 Å². The van der Waals surface area contributed by atoms with E-state index in [1.807, 2.05) is 0 Å². The molecule has 3 heteroatoms. The van der Waals surface area contributed by atoms with Gasteiger partial charge in [-0.05, 0) is 12.8 Å². The Morgan fingerprint density at radius 3 is 2.44 bits per heavy atom. The number of aliphatic hydroxyl groups excluding tert-OH is 1. The summed E-state index contributed by atoms with van der Waals surface area (Å²) in [6.45, 7) is 2.23. The first-order valence-corrected chi connectivity index (χ1v) is 3.11. The quantitative estimate of drug-likeness (QED) is 0.545. The summed E-state index contributed by atoms with van der Waals surface area (Å²) in [6.07, 6.45) is 2.14. The molecule has 3 nitrogen and oxygen atoms in total. The molecular weight excluding hydrogens is 118 g/mol. The van der Waals surface area contributed by atoms with Gasteiger partial charge in [0.05, 0.1) is 0 Å². The third-order valence-corrected chi connectivity index (χ3v) is 1.53. The van der Waals surface area contributed by atoms with Crippen LogP contribution in [0, 0.1) is 6.61 Å². The Bertz CT molecular complexity index is 108. The third-order valence-electron chi connectivity index (χ3n) is 1.53. The van der Waals surface area contributed by atoms with Gasteiger partial charge in [0.15, 0.2) is 6.61 Å². The van der Waals surface area contributed by atoms with Crippen molar-refractivity contribution < 1.29 is 9.90 Å². The number of rotatable bonds is 1. The topological polar surface area (TPSA) is 40.5 Å². The summed E-state index contributed by atoms with van der Waals surface area (Å²) < 4.78 is 0. The van der Waals surface area contributed by atoms with Crippen LogP contribution in [-0.4, -0.2) is 29.0 Å². The van der Waals surface area contributed by atoms with Gasteiger partial charge in [-0.25, -0.2) is 0 Å². The van der Waals surface area contributed by atoms with Crippen LogP contribution in [0.4, 0.5) is 0 Å². The van der Waals surface area contributed by atoms with Gasteiger partial charge in [0.1, 0.15) is 0 Å². The summed E-state index contributed by atoms with van der Waals surface area (Å²) in [5, 5.41) is 8.28. The van der Waals surface area contributed by atoms with Gasteiger partial charge in [0.25, 0.3) is 5.91 Å². The van der Waals surface area contributed by atoms with Crippen molar-refractivity contribution in [1.82, 2.24) is 4.90 Å². The average Bonchev–Trinajstić information content (AvgIpc) is 2.37. The smallest absolute Gasteiger partial charge is 0.254 e. The van der Waals surface area contributed by atoms with Crippen molar-refractivity contribution >= 4 is 5.91 Å². The molecule has 0 aliphatic carbocycles. The van der Waals surface area contributed by atoms with E-state index in [4.69, 9.17) is 5.11 Å². The van der Waals surface area contributed by atoms with Crippen molar-refractivity contribution in [3.8, 4) is 0 Å². The maximum absolute atomic E-state index is 10.6. The minimum absolute atomic E-state index is 0.257. The summed E-state index contributed by atoms with van der Waals surface area (Å²) in [6, 6.07) is 0. The van der Waals surface area contributed by atoms with E-state index in [9.17, 15) is 4.79 Å². The number of aliphatic hydroxyl groups is 1. The van der Waals surface area contributed by atoms with Gasteiger partial charge in [0, 0.05) is 13.1 Å². The Morgan fingerprint density at radius 2 is 2.00 bits per heavy atom. The monoisotopic (exact) mass is 128 g/mol. The highest BCUT2D eigenvalue weighted by Gasteiger charge is 2.16. The molecule has 0 spiro atoms. The van der Waals surface area contributed by atoms with Crippen LogP contribution in [-0.2, 0) is 4.79 Å². The van der Waals surface area contributed by atoms with Crippen LogP contribution in [0.5, 0.6) is 0 Å². The van der Waals surface area contributed by atoms with Gasteiger partial charge in [-0.3, -0.25) is 4.79 Å². The minimum Gasteiger partial charge on any atom is -0.380 e. The Balaban J connectivity index is 2.32. The molecule has 1 fully saturated rings. The molecule has 1 rings (SSSR count). The second kappa shape index (κ2) is 2.82. The predicted octanol–water partition coefficient (Wildman–Crippen LogP) is 0.143. The summed E-state index contributed by atoms with van der Waals surface area (Å²) in [4.78, 5) is 12.3. The molecule has 0 aromatic carbocycles. The molecule has 1 aliphatic heterocycles. The van der Waals surface area contributed by atoms with E-state index in [1.54, 1.807) is 4.90 Å². The molecule has 0 bridgehead atoms. The van der Waals surface area contributed by atoms with E-state index in [-0.39, 0.29) is 5.91 Å². The van der Waals surface area contributed by atoms with Gasteiger partial charge >= 0.3 is 0 Å². The van der Waals surface area contributed by atoms with Crippen molar-refractivity contribution in [2.45, 2.75) is 12.8 Å². The van der Waals surface area contributed by atoms with E-state index in [2.05, 4.69) is 0 Å². The SMILES string of the molecule is O=C([CH]O)N1CCCC1. The number of amides is 1. The zero-order valence-corrected chi connectivity index (χ0v) is 5.21. The van der Waals surface area contributed by atoms with Gasteiger partial charge in [-0.15, -0.1) is 0 Å². The van der Waals surface area contributed by atoms with Crippen LogP contribution in [0.3, 0.4) is 0 Å². The van der Waals surface area contributed by atoms with Crippen molar-refractivity contribution in [2.24, 2.45) is 0 Å². The number of likely N-dealkylation sites (tertiary alicyclic amines) is 1. The van der Waals surface area contributed by atoms with Gasteiger partial charge < -0.3 is 10.0 Å². The van der Waals surface area contributed by atoms with Crippen molar-refractivity contribution in [2.75, 3.05) is 13.1 Å². The molecule has 9 heavy (non-hydrogen) atoms. The molecule has 1 heterocycles. The summed E-state index contributed by atoms with van der Waals surface area (Å²) in [5.41, 5.74) is 0. The molecule has 1 radical (unpaired) electrons. The summed E-state index contributed by atoms with van der Waals surface area (Å²) >= 11 is 0. The molecule has 51 valence electrons. The maximum Gasteiger partial charge on any atom is 0.254 e. The second-order valence-corrected chi connectivity index (χ2v) is 2.16. The number of hydrogen-bond acceptors (Lipinski definition) is 2. The minimum atomic E-state index is -0.257. The third kappa shape index (κ3) is 1.42. The lowest BCUT2D eigenvalue weighted by molar-refractivity contribution is -0.129. The Hall–Kier alpha value is -0.570. The normalized spacial score (nSPS) is 18.6. The lowest BCUT2D eigenvalue weighted by atomic mass is 10.4. The highest BCUT2D eigenvalue weighted by molar-refractivity contribution is 5.82. The zero-order valence-electron chi connectivity index (χ0n) is 5.21. The predicted molar refractivity (Wildman–Crippen MR) is 32.0 cm³/mol. The number of carbonyl (C=O) groups is 1. The van der Waals surface area contributed by atoms with Gasteiger partial charge in [-0.2, -0.15) is 0 Å². The van der Waals surface area contributed by atoms with E-state index >= 15 is 0 Å². The zero-order chi connectivity index (χ0) is 6.69. The second-order valence-electron chi connectivity index (χ2n) is 2.16. The molecule has 1 N–H and O–H groups in total. The lowest BCUT2D eigenvalue weighted by Crippen LogP contribution is -2.27. The first kappa shape index (κ1) is 6.55. The Labute approximate surface area is 54.3 Å². The van der Waals surface area contributed by atoms with Crippen molar-refractivity contribution in [3.63, 3.8) is 0 Å². The number of nitrogens with zero attached hydrogens (tertiary/aromatic N) is 1. The molecule has 1 amide bonds. The Kier molecular flexibility index (Phi) is 2.05. The number of hydrogen-bond donors (Lipinski definition) is 1. The lowest BCUT2D eigenvalue weighted by Gasteiger charge is -2.11. The summed E-state index contributed by atoms with van der Waals surface area (Å²) in [7, 11) is 0. The molecule has 0 aromatic heterocycles. The number of carbonyl (C=O) groups excluding carboxylic acids is 1. The molecule has 1 aliphatic rings. The standard InChI is InChI=1S/C6H10NO2/c8-5-6(9)7-3-1-2-4-7/h5,8H,1-4H2. The molecule has 0 aromatic rings. The van der Waals surface area contributed by atoms with E-state index < -0.39 is 0 Å². The summed E-state index contributed by atoms with van der Waals surface area (Å²) in [5.74, 6) is -0.257. The Morgan fingerprint density at radius 1 is 1.44 bits per heavy atom. The fourth-order valence-corrected chi connectivity index (χ4v) is 1.02. The highest BCUT2D eigenvalue weighted by atomic mass is 16.3. The highest BCUT2D eigenvalue weighted by Crippen LogP contribution is 2.07. The first-order chi connectivity index (χ1) is 4.34. The van der Waals surface area contributed by atoms with Crippen molar-refractivity contribution in [3.05, 3.63) is 6.61 Å². The average molecular weight is 128 g/mol.